The molecule has 0 bridgehead atoms. The number of halogens is 1. The lowest BCUT2D eigenvalue weighted by atomic mass is 10.1. The number of benzene rings is 1. The summed E-state index contributed by atoms with van der Waals surface area (Å²) in [5.41, 5.74) is 1.12. The molecule has 0 fully saturated rings. The fourth-order valence-electron chi connectivity index (χ4n) is 1.62. The molecule has 5 heteroatoms. The van der Waals surface area contributed by atoms with E-state index in [0.717, 1.165) is 30.1 Å². The topological polar surface area (TPSA) is 51.0 Å². The van der Waals surface area contributed by atoms with Crippen LogP contribution in [-0.4, -0.2) is 23.2 Å². The molecule has 1 N–H and O–H groups in total. The molecule has 4 nitrogen and oxygen atoms in total. The summed E-state index contributed by atoms with van der Waals surface area (Å²) < 4.78 is 5.18. The molecule has 2 rings (SSSR count). The molecule has 0 amide bonds. The summed E-state index contributed by atoms with van der Waals surface area (Å²) >= 11 is 5.83. The van der Waals surface area contributed by atoms with Crippen molar-refractivity contribution >= 4 is 11.6 Å². The van der Waals surface area contributed by atoms with E-state index in [2.05, 4.69) is 22.4 Å². The fraction of sp³-hybridized carbons (Fsp3) is 0.385. The van der Waals surface area contributed by atoms with Gasteiger partial charge in [0.25, 0.3) is 0 Å². The van der Waals surface area contributed by atoms with Gasteiger partial charge in [-0.05, 0) is 24.2 Å². The Morgan fingerprint density at radius 2 is 2.06 bits per heavy atom. The van der Waals surface area contributed by atoms with Gasteiger partial charge in [-0.25, -0.2) is 0 Å². The molecule has 0 saturated heterocycles. The van der Waals surface area contributed by atoms with E-state index >= 15 is 0 Å². The van der Waals surface area contributed by atoms with Crippen LogP contribution in [-0.2, 0) is 12.8 Å². The third kappa shape index (κ3) is 3.82. The Kier molecular flexibility index (Phi) is 4.73. The predicted octanol–water partition coefficient (Wildman–Crippen LogP) is 2.47. The van der Waals surface area contributed by atoms with E-state index in [1.807, 2.05) is 24.3 Å². The van der Waals surface area contributed by atoms with Crippen molar-refractivity contribution in [2.24, 2.45) is 0 Å². The smallest absolute Gasteiger partial charge is 0.227 e. The zero-order valence-electron chi connectivity index (χ0n) is 10.3. The van der Waals surface area contributed by atoms with Gasteiger partial charge in [0.15, 0.2) is 5.82 Å². The van der Waals surface area contributed by atoms with Gasteiger partial charge in [-0.1, -0.05) is 35.8 Å². The highest BCUT2D eigenvalue weighted by Gasteiger charge is 2.06. The highest BCUT2D eigenvalue weighted by Crippen LogP contribution is 2.12. The van der Waals surface area contributed by atoms with Crippen molar-refractivity contribution in [1.82, 2.24) is 15.5 Å². The van der Waals surface area contributed by atoms with Crippen LogP contribution in [0.3, 0.4) is 0 Å². The summed E-state index contributed by atoms with van der Waals surface area (Å²) in [6.45, 7) is 3.88. The largest absolute Gasteiger partial charge is 0.339 e. The molecule has 0 aliphatic rings. The van der Waals surface area contributed by atoms with E-state index in [1.165, 1.54) is 0 Å². The SMILES string of the molecule is CCNCCc1nc(Cc2ccc(Cl)cc2)no1. The Morgan fingerprint density at radius 1 is 1.28 bits per heavy atom. The van der Waals surface area contributed by atoms with Gasteiger partial charge in [0.1, 0.15) is 0 Å². The summed E-state index contributed by atoms with van der Waals surface area (Å²) in [6.07, 6.45) is 1.43. The van der Waals surface area contributed by atoms with Gasteiger partial charge in [-0.15, -0.1) is 0 Å². The molecule has 1 aromatic carbocycles. The van der Waals surface area contributed by atoms with Gasteiger partial charge in [0.05, 0.1) is 0 Å². The van der Waals surface area contributed by atoms with E-state index in [-0.39, 0.29) is 0 Å². The first-order valence-corrected chi connectivity index (χ1v) is 6.42. The maximum Gasteiger partial charge on any atom is 0.227 e. The van der Waals surface area contributed by atoms with E-state index in [4.69, 9.17) is 16.1 Å². The van der Waals surface area contributed by atoms with Crippen molar-refractivity contribution in [2.45, 2.75) is 19.8 Å². The Balaban J connectivity index is 1.91. The quantitative estimate of drug-likeness (QED) is 0.816. The molecule has 1 aromatic heterocycles. The minimum atomic E-state index is 0.669. The zero-order chi connectivity index (χ0) is 12.8. The number of aromatic nitrogens is 2. The Bertz CT molecular complexity index is 481. The van der Waals surface area contributed by atoms with Crippen molar-refractivity contribution in [1.29, 1.82) is 0 Å². The van der Waals surface area contributed by atoms with Crippen LogP contribution in [0.25, 0.3) is 0 Å². The standard InChI is InChI=1S/C13H16ClN3O/c1-2-15-8-7-13-16-12(17-18-13)9-10-3-5-11(14)6-4-10/h3-6,15H,2,7-9H2,1H3. The molecular weight excluding hydrogens is 250 g/mol. The molecule has 0 unspecified atom stereocenters. The number of nitrogens with zero attached hydrogens (tertiary/aromatic N) is 2. The number of hydrogen-bond donors (Lipinski definition) is 1. The molecule has 18 heavy (non-hydrogen) atoms. The monoisotopic (exact) mass is 265 g/mol. The first-order valence-electron chi connectivity index (χ1n) is 6.04. The molecule has 0 saturated carbocycles. The molecule has 96 valence electrons. The minimum Gasteiger partial charge on any atom is -0.339 e. The van der Waals surface area contributed by atoms with Crippen molar-refractivity contribution < 1.29 is 4.52 Å². The molecule has 0 radical (unpaired) electrons. The summed E-state index contributed by atoms with van der Waals surface area (Å²) in [5, 5.41) is 7.92. The van der Waals surface area contributed by atoms with Crippen LogP contribution in [0, 0.1) is 0 Å². The molecule has 0 atom stereocenters. The minimum absolute atomic E-state index is 0.669. The van der Waals surface area contributed by atoms with Crippen molar-refractivity contribution in [2.75, 3.05) is 13.1 Å². The second-order valence-electron chi connectivity index (χ2n) is 4.01. The van der Waals surface area contributed by atoms with Gasteiger partial charge in [-0.2, -0.15) is 4.98 Å². The van der Waals surface area contributed by atoms with Crippen molar-refractivity contribution in [3.63, 3.8) is 0 Å². The number of rotatable bonds is 6. The van der Waals surface area contributed by atoms with Crippen molar-refractivity contribution in [3.05, 3.63) is 46.6 Å². The lowest BCUT2D eigenvalue weighted by molar-refractivity contribution is 0.372. The lowest BCUT2D eigenvalue weighted by Crippen LogP contribution is -2.16. The summed E-state index contributed by atoms with van der Waals surface area (Å²) in [7, 11) is 0. The average Bonchev–Trinajstić information content (AvgIpc) is 2.80. The summed E-state index contributed by atoms with van der Waals surface area (Å²) in [4.78, 5) is 4.35. The first kappa shape index (κ1) is 13.1. The van der Waals surface area contributed by atoms with E-state index < -0.39 is 0 Å². The van der Waals surface area contributed by atoms with Crippen LogP contribution in [0.4, 0.5) is 0 Å². The van der Waals surface area contributed by atoms with Crippen LogP contribution >= 0.6 is 11.6 Å². The summed E-state index contributed by atoms with van der Waals surface area (Å²) in [6, 6.07) is 7.67. The first-order chi connectivity index (χ1) is 8.78. The van der Waals surface area contributed by atoms with Gasteiger partial charge >= 0.3 is 0 Å². The highest BCUT2D eigenvalue weighted by molar-refractivity contribution is 6.30. The fourth-order valence-corrected chi connectivity index (χ4v) is 1.75. The van der Waals surface area contributed by atoms with Gasteiger partial charge in [-0.3, -0.25) is 0 Å². The third-order valence-electron chi connectivity index (χ3n) is 2.55. The number of likely N-dealkylation sites (N-methyl/N-ethyl adjacent to an activating group) is 1. The predicted molar refractivity (Wildman–Crippen MR) is 70.8 cm³/mol. The average molecular weight is 266 g/mol. The second-order valence-corrected chi connectivity index (χ2v) is 4.45. The van der Waals surface area contributed by atoms with Gasteiger partial charge in [0.2, 0.25) is 5.89 Å². The third-order valence-corrected chi connectivity index (χ3v) is 2.80. The maximum atomic E-state index is 5.83. The molecule has 0 spiro atoms. The van der Waals surface area contributed by atoms with E-state index in [0.29, 0.717) is 18.1 Å². The summed E-state index contributed by atoms with van der Waals surface area (Å²) in [5.74, 6) is 1.39. The number of hydrogen-bond acceptors (Lipinski definition) is 4. The second kappa shape index (κ2) is 6.52. The molecule has 0 aliphatic carbocycles. The highest BCUT2D eigenvalue weighted by atomic mass is 35.5. The van der Waals surface area contributed by atoms with Crippen LogP contribution in [0.5, 0.6) is 0 Å². The van der Waals surface area contributed by atoms with Crippen LogP contribution in [0.15, 0.2) is 28.8 Å². The van der Waals surface area contributed by atoms with E-state index in [9.17, 15) is 0 Å². The molecular formula is C13H16ClN3O. The van der Waals surface area contributed by atoms with Gasteiger partial charge < -0.3 is 9.84 Å². The Labute approximate surface area is 111 Å². The van der Waals surface area contributed by atoms with E-state index in [1.54, 1.807) is 0 Å². The lowest BCUT2D eigenvalue weighted by Gasteiger charge is -1.96. The number of nitrogens with one attached hydrogen (secondary N) is 1. The Hall–Kier alpha value is -1.39. The normalized spacial score (nSPS) is 10.8. The molecule has 2 aromatic rings. The van der Waals surface area contributed by atoms with Crippen LogP contribution in [0.2, 0.25) is 5.02 Å². The molecule has 0 aliphatic heterocycles. The molecule has 1 heterocycles. The zero-order valence-corrected chi connectivity index (χ0v) is 11.1. The van der Waals surface area contributed by atoms with Crippen LogP contribution in [0.1, 0.15) is 24.2 Å². The Morgan fingerprint density at radius 3 is 2.78 bits per heavy atom. The van der Waals surface area contributed by atoms with Crippen LogP contribution < -0.4 is 5.32 Å². The van der Waals surface area contributed by atoms with Gasteiger partial charge in [0, 0.05) is 24.4 Å². The maximum absolute atomic E-state index is 5.83. The van der Waals surface area contributed by atoms with Crippen molar-refractivity contribution in [3.8, 4) is 0 Å².